The minimum Gasteiger partial charge on any atom is -0.0619 e. The zero-order valence-electron chi connectivity index (χ0n) is 8.20. The molecule has 2 aromatic carbocycles. The van der Waals surface area contributed by atoms with Gasteiger partial charge in [-0.15, -0.1) is 0 Å². The molecule has 13 heavy (non-hydrogen) atoms. The highest BCUT2D eigenvalue weighted by Crippen LogP contribution is 2.36. The van der Waals surface area contributed by atoms with Gasteiger partial charge in [0.25, 0.3) is 0 Å². The lowest BCUT2D eigenvalue weighted by Gasteiger charge is -1.97. The van der Waals surface area contributed by atoms with Crippen LogP contribution < -0.4 is 0 Å². The molecule has 0 bridgehead atoms. The van der Waals surface area contributed by atoms with Gasteiger partial charge in [0.1, 0.15) is 0 Å². The van der Waals surface area contributed by atoms with E-state index in [1.807, 2.05) is 0 Å². The van der Waals surface area contributed by atoms with Crippen LogP contribution in [0.2, 0.25) is 0 Å². The van der Waals surface area contributed by atoms with E-state index in [1.54, 1.807) is 0 Å². The standard InChI is InChI=1S/C13H9/c1-3-7-12-10(5-1)9-11-6-2-4-8-13(11)12/h1-9H/p+1. The van der Waals surface area contributed by atoms with Crippen LogP contribution in [0, 0.1) is 6.42 Å². The molecule has 0 N–H and O–H groups in total. The van der Waals surface area contributed by atoms with E-state index < -0.39 is 0 Å². The number of fused-ring (bicyclic) bond motifs is 3. The van der Waals surface area contributed by atoms with Crippen molar-refractivity contribution in [2.45, 2.75) is 0 Å². The summed E-state index contributed by atoms with van der Waals surface area (Å²) in [5.41, 5.74) is 5.39. The summed E-state index contributed by atoms with van der Waals surface area (Å²) in [7, 11) is 0. The molecule has 0 nitrogen and oxygen atoms in total. The fourth-order valence-electron chi connectivity index (χ4n) is 1.90. The molecule has 0 heteroatoms. The average Bonchev–Trinajstić information content (AvgIpc) is 2.56. The van der Waals surface area contributed by atoms with Crippen LogP contribution in [0.25, 0.3) is 11.1 Å². The maximum Gasteiger partial charge on any atom is 1.00 e. The Hall–Kier alpha value is -1.56. The summed E-state index contributed by atoms with van der Waals surface area (Å²) < 4.78 is 0. The predicted octanol–water partition coefficient (Wildman–Crippen LogP) is 3.38. The predicted molar refractivity (Wildman–Crippen MR) is 55.5 cm³/mol. The summed E-state index contributed by atoms with van der Waals surface area (Å²) in [6.45, 7) is 0. The molecule has 2 aromatic rings. The quantitative estimate of drug-likeness (QED) is 0.480. The monoisotopic (exact) mass is 166 g/mol. The lowest BCUT2D eigenvalue weighted by Crippen LogP contribution is -1.74. The summed E-state index contributed by atoms with van der Waals surface area (Å²) in [6.07, 6.45) is 2.24. The fourth-order valence-corrected chi connectivity index (χ4v) is 1.90. The first-order valence-corrected chi connectivity index (χ1v) is 4.48. The Morgan fingerprint density at radius 3 is 1.62 bits per heavy atom. The Balaban J connectivity index is 0.000000750. The van der Waals surface area contributed by atoms with Gasteiger partial charge in [0, 0.05) is 6.42 Å². The minimum absolute atomic E-state index is 0. The van der Waals surface area contributed by atoms with E-state index in [-0.39, 0.29) is 1.43 Å². The average molecular weight is 166 g/mol. The van der Waals surface area contributed by atoms with Gasteiger partial charge < -0.3 is 0 Å². The SMILES string of the molecule is [CH]1c2ccccc2-c2ccccc21.[H+]. The molecule has 1 radical (unpaired) electrons. The summed E-state index contributed by atoms with van der Waals surface area (Å²) >= 11 is 0. The first-order chi connectivity index (χ1) is 6.45. The zero-order valence-corrected chi connectivity index (χ0v) is 7.20. The van der Waals surface area contributed by atoms with Gasteiger partial charge in [-0.1, -0.05) is 48.5 Å². The lowest BCUT2D eigenvalue weighted by molar-refractivity contribution is 1.54. The van der Waals surface area contributed by atoms with Crippen LogP contribution in [-0.2, 0) is 0 Å². The van der Waals surface area contributed by atoms with Crippen molar-refractivity contribution < 1.29 is 1.43 Å². The van der Waals surface area contributed by atoms with Crippen LogP contribution in [0.15, 0.2) is 48.5 Å². The van der Waals surface area contributed by atoms with Crippen molar-refractivity contribution in [3.63, 3.8) is 0 Å². The van der Waals surface area contributed by atoms with Gasteiger partial charge in [-0.2, -0.15) is 0 Å². The van der Waals surface area contributed by atoms with Gasteiger partial charge in [0.15, 0.2) is 0 Å². The smallest absolute Gasteiger partial charge is 0.0619 e. The summed E-state index contributed by atoms with van der Waals surface area (Å²) in [5.74, 6) is 0. The van der Waals surface area contributed by atoms with Crippen molar-refractivity contribution in [1.29, 1.82) is 0 Å². The Labute approximate surface area is 79.3 Å². The molecule has 1 aliphatic rings. The van der Waals surface area contributed by atoms with Crippen LogP contribution in [0.5, 0.6) is 0 Å². The van der Waals surface area contributed by atoms with E-state index in [2.05, 4.69) is 55.0 Å². The van der Waals surface area contributed by atoms with E-state index in [1.165, 1.54) is 22.3 Å². The van der Waals surface area contributed by atoms with Crippen molar-refractivity contribution in [2.75, 3.05) is 0 Å². The first-order valence-electron chi connectivity index (χ1n) is 4.48. The minimum atomic E-state index is 0. The Morgan fingerprint density at radius 2 is 1.08 bits per heavy atom. The second kappa shape index (κ2) is 2.46. The molecular weight excluding hydrogens is 156 g/mol. The van der Waals surface area contributed by atoms with Crippen LogP contribution >= 0.6 is 0 Å². The molecule has 0 aliphatic heterocycles. The van der Waals surface area contributed by atoms with Crippen LogP contribution in [0.3, 0.4) is 0 Å². The van der Waals surface area contributed by atoms with Crippen LogP contribution in [-0.4, -0.2) is 0 Å². The summed E-state index contributed by atoms with van der Waals surface area (Å²) in [6, 6.07) is 17.0. The Morgan fingerprint density at radius 1 is 0.615 bits per heavy atom. The number of rotatable bonds is 0. The van der Waals surface area contributed by atoms with Crippen molar-refractivity contribution in [1.82, 2.24) is 0 Å². The fraction of sp³-hybridized carbons (Fsp3) is 0. The van der Waals surface area contributed by atoms with Crippen molar-refractivity contribution >= 4 is 0 Å². The highest BCUT2D eigenvalue weighted by Gasteiger charge is 2.16. The van der Waals surface area contributed by atoms with E-state index in [9.17, 15) is 0 Å². The number of hydrogen-bond acceptors (Lipinski definition) is 0. The van der Waals surface area contributed by atoms with Gasteiger partial charge >= 0.3 is 1.43 Å². The third-order valence-electron chi connectivity index (χ3n) is 2.52. The molecule has 3 rings (SSSR count). The van der Waals surface area contributed by atoms with Gasteiger partial charge in [-0.05, 0) is 22.3 Å². The van der Waals surface area contributed by atoms with Gasteiger partial charge in [0.05, 0.1) is 0 Å². The molecule has 0 fully saturated rings. The normalized spacial score (nSPS) is 12.3. The first kappa shape index (κ1) is 6.90. The molecule has 0 saturated carbocycles. The van der Waals surface area contributed by atoms with Gasteiger partial charge in [-0.3, -0.25) is 0 Å². The van der Waals surface area contributed by atoms with E-state index in [0.717, 1.165) is 0 Å². The molecule has 0 heterocycles. The van der Waals surface area contributed by atoms with Gasteiger partial charge in [-0.25, -0.2) is 0 Å². The second-order valence-electron chi connectivity index (χ2n) is 3.32. The summed E-state index contributed by atoms with van der Waals surface area (Å²) in [4.78, 5) is 0. The molecule has 0 spiro atoms. The zero-order chi connectivity index (χ0) is 8.67. The third kappa shape index (κ3) is 0.919. The lowest BCUT2D eigenvalue weighted by atomic mass is 10.1. The van der Waals surface area contributed by atoms with Crippen molar-refractivity contribution in [3.8, 4) is 11.1 Å². The van der Waals surface area contributed by atoms with E-state index in [4.69, 9.17) is 0 Å². The molecule has 0 unspecified atom stereocenters. The maximum atomic E-state index is 2.24. The van der Waals surface area contributed by atoms with E-state index in [0.29, 0.717) is 0 Å². The molecule has 0 amide bonds. The largest absolute Gasteiger partial charge is 1.00 e. The third-order valence-corrected chi connectivity index (χ3v) is 2.52. The number of hydrogen-bond donors (Lipinski definition) is 0. The molecule has 0 saturated heterocycles. The van der Waals surface area contributed by atoms with E-state index >= 15 is 0 Å². The molecule has 61 valence electrons. The topological polar surface area (TPSA) is 0 Å². The maximum absolute atomic E-state index is 2.24. The van der Waals surface area contributed by atoms with Crippen molar-refractivity contribution in [2.24, 2.45) is 0 Å². The Bertz CT molecular complexity index is 417. The molecule has 0 atom stereocenters. The highest BCUT2D eigenvalue weighted by molar-refractivity contribution is 5.80. The highest BCUT2D eigenvalue weighted by atomic mass is 14.2. The number of benzene rings is 2. The van der Waals surface area contributed by atoms with Gasteiger partial charge in [0.2, 0.25) is 0 Å². The second-order valence-corrected chi connectivity index (χ2v) is 3.32. The molecule has 1 aliphatic carbocycles. The molecular formula is C13H10+. The Kier molecular flexibility index (Phi) is 1.31. The van der Waals surface area contributed by atoms with Crippen LogP contribution in [0.1, 0.15) is 12.6 Å². The van der Waals surface area contributed by atoms with Crippen molar-refractivity contribution in [3.05, 3.63) is 66.1 Å². The van der Waals surface area contributed by atoms with Crippen LogP contribution in [0.4, 0.5) is 0 Å². The molecule has 0 aromatic heterocycles. The summed E-state index contributed by atoms with van der Waals surface area (Å²) in [5, 5.41) is 0.